The van der Waals surface area contributed by atoms with E-state index < -0.39 is 6.04 Å². The molecule has 2 atom stereocenters. The average molecular weight is 308 g/mol. The topological polar surface area (TPSA) is 49.4 Å². The molecule has 2 rings (SSSR count). The molecule has 2 heterocycles. The zero-order valence-electron chi connectivity index (χ0n) is 13.3. The standard InChI is InChI=1S/C16H24N2O2S/c1-9(2)13-16(20)18(6-12-8-21-7-11(12)5)14(10(3)4)15(19)17-13/h7-10,13-14H,6H2,1-5H3,(H,17,19). The normalized spacial score (nSPS) is 23.1. The third kappa shape index (κ3) is 3.12. The van der Waals surface area contributed by atoms with Crippen LogP contribution in [0.5, 0.6) is 0 Å². The Labute approximate surface area is 130 Å². The first kappa shape index (κ1) is 16.0. The van der Waals surface area contributed by atoms with Gasteiger partial charge in [0.1, 0.15) is 12.1 Å². The number of nitrogens with one attached hydrogen (secondary N) is 1. The van der Waals surface area contributed by atoms with Gasteiger partial charge < -0.3 is 10.2 Å². The molecule has 5 heteroatoms. The Balaban J connectivity index is 2.32. The largest absolute Gasteiger partial charge is 0.342 e. The summed E-state index contributed by atoms with van der Waals surface area (Å²) in [6.45, 7) is 10.5. The molecule has 0 aliphatic carbocycles. The van der Waals surface area contributed by atoms with Crippen molar-refractivity contribution in [2.75, 3.05) is 0 Å². The highest BCUT2D eigenvalue weighted by Gasteiger charge is 2.42. The molecule has 0 aromatic carbocycles. The van der Waals surface area contributed by atoms with E-state index >= 15 is 0 Å². The molecular weight excluding hydrogens is 284 g/mol. The molecule has 1 fully saturated rings. The molecular formula is C16H24N2O2S. The highest BCUT2D eigenvalue weighted by Crippen LogP contribution is 2.25. The second-order valence-corrected chi connectivity index (χ2v) is 7.21. The number of rotatable bonds is 4. The number of hydrogen-bond donors (Lipinski definition) is 1. The first-order valence-corrected chi connectivity index (χ1v) is 8.39. The van der Waals surface area contributed by atoms with E-state index in [1.165, 1.54) is 5.56 Å². The van der Waals surface area contributed by atoms with Crippen molar-refractivity contribution < 1.29 is 9.59 Å². The minimum atomic E-state index is -0.411. The lowest BCUT2D eigenvalue weighted by Crippen LogP contribution is -2.65. The molecule has 2 amide bonds. The molecule has 116 valence electrons. The average Bonchev–Trinajstić information content (AvgIpc) is 2.78. The molecule has 1 aliphatic heterocycles. The van der Waals surface area contributed by atoms with Crippen molar-refractivity contribution in [3.05, 3.63) is 21.9 Å². The Bertz CT molecular complexity index is 536. The molecule has 0 spiro atoms. The Morgan fingerprint density at radius 3 is 2.33 bits per heavy atom. The summed E-state index contributed by atoms with van der Waals surface area (Å²) in [6.07, 6.45) is 0. The van der Waals surface area contributed by atoms with Crippen molar-refractivity contribution in [2.24, 2.45) is 11.8 Å². The molecule has 1 N–H and O–H groups in total. The van der Waals surface area contributed by atoms with Crippen LogP contribution in [0.15, 0.2) is 10.8 Å². The van der Waals surface area contributed by atoms with Gasteiger partial charge in [-0.2, -0.15) is 11.3 Å². The Morgan fingerprint density at radius 1 is 1.19 bits per heavy atom. The summed E-state index contributed by atoms with van der Waals surface area (Å²) in [6, 6.07) is -0.793. The lowest BCUT2D eigenvalue weighted by Gasteiger charge is -2.42. The Kier molecular flexibility index (Phi) is 4.71. The van der Waals surface area contributed by atoms with E-state index in [1.54, 1.807) is 16.2 Å². The van der Waals surface area contributed by atoms with Gasteiger partial charge in [0.2, 0.25) is 11.8 Å². The molecule has 0 saturated carbocycles. The van der Waals surface area contributed by atoms with Crippen LogP contribution in [0, 0.1) is 18.8 Å². The predicted molar refractivity (Wildman–Crippen MR) is 85.0 cm³/mol. The SMILES string of the molecule is Cc1cscc1CN1C(=O)C(C(C)C)NC(=O)C1C(C)C. The smallest absolute Gasteiger partial charge is 0.246 e. The van der Waals surface area contributed by atoms with Crippen LogP contribution < -0.4 is 5.32 Å². The van der Waals surface area contributed by atoms with Gasteiger partial charge in [0.25, 0.3) is 0 Å². The Hall–Kier alpha value is -1.36. The number of hydrogen-bond acceptors (Lipinski definition) is 3. The van der Waals surface area contributed by atoms with Crippen molar-refractivity contribution in [1.29, 1.82) is 0 Å². The summed E-state index contributed by atoms with van der Waals surface area (Å²) in [5, 5.41) is 7.04. The van der Waals surface area contributed by atoms with Crippen molar-refractivity contribution in [3.63, 3.8) is 0 Å². The minimum absolute atomic E-state index is 0.0313. The molecule has 1 saturated heterocycles. The number of carbonyl (C=O) groups excluding carboxylic acids is 2. The van der Waals surface area contributed by atoms with Gasteiger partial charge in [-0.1, -0.05) is 27.7 Å². The minimum Gasteiger partial charge on any atom is -0.342 e. The zero-order chi connectivity index (χ0) is 15.7. The van der Waals surface area contributed by atoms with Gasteiger partial charge in [0, 0.05) is 6.54 Å². The molecule has 1 aliphatic rings. The first-order valence-electron chi connectivity index (χ1n) is 7.45. The van der Waals surface area contributed by atoms with E-state index in [2.05, 4.69) is 16.1 Å². The van der Waals surface area contributed by atoms with Crippen LogP contribution in [0.3, 0.4) is 0 Å². The summed E-state index contributed by atoms with van der Waals surface area (Å²) in [5.74, 6) is 0.201. The predicted octanol–water partition coefficient (Wildman–Crippen LogP) is 2.56. The van der Waals surface area contributed by atoms with Crippen LogP contribution in [0.1, 0.15) is 38.8 Å². The highest BCUT2D eigenvalue weighted by atomic mass is 32.1. The third-order valence-electron chi connectivity index (χ3n) is 4.05. The number of piperazine rings is 1. The van der Waals surface area contributed by atoms with E-state index in [0.717, 1.165) is 5.56 Å². The second-order valence-electron chi connectivity index (χ2n) is 6.47. The maximum atomic E-state index is 12.8. The van der Waals surface area contributed by atoms with Gasteiger partial charge in [-0.25, -0.2) is 0 Å². The van der Waals surface area contributed by atoms with E-state index in [-0.39, 0.29) is 29.7 Å². The Morgan fingerprint density at radius 2 is 1.86 bits per heavy atom. The van der Waals surface area contributed by atoms with Crippen LogP contribution in [-0.4, -0.2) is 28.8 Å². The van der Waals surface area contributed by atoms with Gasteiger partial charge in [-0.05, 0) is 40.6 Å². The monoisotopic (exact) mass is 308 g/mol. The van der Waals surface area contributed by atoms with Gasteiger partial charge in [0.15, 0.2) is 0 Å². The van der Waals surface area contributed by atoms with Gasteiger partial charge >= 0.3 is 0 Å². The van der Waals surface area contributed by atoms with Crippen LogP contribution in [-0.2, 0) is 16.1 Å². The van der Waals surface area contributed by atoms with E-state index in [1.807, 2.05) is 34.6 Å². The van der Waals surface area contributed by atoms with Crippen molar-refractivity contribution in [3.8, 4) is 0 Å². The number of aryl methyl sites for hydroxylation is 1. The number of thiophene rings is 1. The van der Waals surface area contributed by atoms with E-state index in [4.69, 9.17) is 0 Å². The fraction of sp³-hybridized carbons (Fsp3) is 0.625. The number of amides is 2. The molecule has 0 bridgehead atoms. The number of carbonyl (C=O) groups is 2. The van der Waals surface area contributed by atoms with E-state index in [9.17, 15) is 9.59 Å². The zero-order valence-corrected chi connectivity index (χ0v) is 14.2. The molecule has 4 nitrogen and oxygen atoms in total. The molecule has 2 unspecified atom stereocenters. The summed E-state index contributed by atoms with van der Waals surface area (Å²) >= 11 is 1.64. The van der Waals surface area contributed by atoms with Crippen molar-refractivity contribution in [2.45, 2.75) is 53.2 Å². The van der Waals surface area contributed by atoms with Gasteiger partial charge in [-0.15, -0.1) is 0 Å². The molecule has 1 aromatic rings. The van der Waals surface area contributed by atoms with Crippen molar-refractivity contribution >= 4 is 23.2 Å². The molecule has 0 radical (unpaired) electrons. The quantitative estimate of drug-likeness (QED) is 0.929. The van der Waals surface area contributed by atoms with Crippen LogP contribution in [0.2, 0.25) is 0 Å². The summed E-state index contributed by atoms with van der Waals surface area (Å²) in [5.41, 5.74) is 2.32. The van der Waals surface area contributed by atoms with Crippen LogP contribution in [0.4, 0.5) is 0 Å². The van der Waals surface area contributed by atoms with Crippen LogP contribution >= 0.6 is 11.3 Å². The lowest BCUT2D eigenvalue weighted by atomic mass is 9.92. The summed E-state index contributed by atoms with van der Waals surface area (Å²) in [7, 11) is 0. The van der Waals surface area contributed by atoms with Crippen molar-refractivity contribution in [1.82, 2.24) is 10.2 Å². The van der Waals surface area contributed by atoms with Gasteiger partial charge in [0.05, 0.1) is 0 Å². The maximum Gasteiger partial charge on any atom is 0.246 e. The maximum absolute atomic E-state index is 12.8. The van der Waals surface area contributed by atoms with Crippen LogP contribution in [0.25, 0.3) is 0 Å². The number of nitrogens with zero attached hydrogens (tertiary/aromatic N) is 1. The second kappa shape index (κ2) is 6.18. The summed E-state index contributed by atoms with van der Waals surface area (Å²) in [4.78, 5) is 27.0. The molecule has 1 aromatic heterocycles. The van der Waals surface area contributed by atoms with E-state index in [0.29, 0.717) is 6.54 Å². The fourth-order valence-electron chi connectivity index (χ4n) is 2.78. The first-order chi connectivity index (χ1) is 9.82. The molecule has 21 heavy (non-hydrogen) atoms. The fourth-order valence-corrected chi connectivity index (χ4v) is 3.63. The lowest BCUT2D eigenvalue weighted by molar-refractivity contribution is -0.153. The third-order valence-corrected chi connectivity index (χ3v) is 4.96. The highest BCUT2D eigenvalue weighted by molar-refractivity contribution is 7.08. The van der Waals surface area contributed by atoms with Gasteiger partial charge in [-0.3, -0.25) is 9.59 Å². The summed E-state index contributed by atoms with van der Waals surface area (Å²) < 4.78 is 0.